The first-order chi connectivity index (χ1) is 11.6. The van der Waals surface area contributed by atoms with E-state index in [0.29, 0.717) is 17.7 Å². The highest BCUT2D eigenvalue weighted by Crippen LogP contribution is 2.29. The minimum Gasteiger partial charge on any atom is -0.425 e. The molecule has 2 fully saturated rings. The Balaban J connectivity index is 1.41. The Morgan fingerprint density at radius 3 is 2.67 bits per heavy atom. The van der Waals surface area contributed by atoms with Crippen molar-refractivity contribution in [1.29, 1.82) is 0 Å². The summed E-state index contributed by atoms with van der Waals surface area (Å²) in [6, 6.07) is 0. The average molecular weight is 333 g/mol. The van der Waals surface area contributed by atoms with Crippen molar-refractivity contribution in [2.75, 3.05) is 13.1 Å². The molecule has 1 aromatic rings. The quantitative estimate of drug-likeness (QED) is 0.764. The Bertz CT molecular complexity index is 534. The number of hydrogen-bond acceptors (Lipinski definition) is 4. The summed E-state index contributed by atoms with van der Waals surface area (Å²) < 4.78 is 5.74. The van der Waals surface area contributed by atoms with Gasteiger partial charge in [-0.05, 0) is 30.6 Å². The van der Waals surface area contributed by atoms with Gasteiger partial charge in [-0.3, -0.25) is 4.79 Å². The fraction of sp³-hybridized carbons (Fsp3) is 0.842. The van der Waals surface area contributed by atoms with Crippen molar-refractivity contribution < 1.29 is 9.21 Å². The van der Waals surface area contributed by atoms with Crippen molar-refractivity contribution in [3.05, 3.63) is 11.8 Å². The lowest BCUT2D eigenvalue weighted by atomic mass is 10.0. The lowest BCUT2D eigenvalue weighted by Crippen LogP contribution is -2.29. The average Bonchev–Trinajstić information content (AvgIpc) is 3.27. The van der Waals surface area contributed by atoms with Gasteiger partial charge >= 0.3 is 0 Å². The molecule has 1 unspecified atom stereocenters. The van der Waals surface area contributed by atoms with Gasteiger partial charge in [0.1, 0.15) is 0 Å². The van der Waals surface area contributed by atoms with Crippen LogP contribution in [-0.4, -0.2) is 34.1 Å². The van der Waals surface area contributed by atoms with Gasteiger partial charge in [0.15, 0.2) is 0 Å². The third-order valence-corrected chi connectivity index (χ3v) is 5.43. The summed E-state index contributed by atoms with van der Waals surface area (Å²) in [6.07, 6.45) is 9.87. The van der Waals surface area contributed by atoms with Gasteiger partial charge in [-0.2, -0.15) is 0 Å². The van der Waals surface area contributed by atoms with Crippen molar-refractivity contribution in [3.8, 4) is 0 Å². The Hall–Kier alpha value is -1.39. The number of rotatable bonds is 7. The molecule has 134 valence electrons. The molecule has 1 aliphatic carbocycles. The molecule has 0 radical (unpaired) electrons. The van der Waals surface area contributed by atoms with E-state index in [0.717, 1.165) is 62.9 Å². The van der Waals surface area contributed by atoms with E-state index >= 15 is 0 Å². The summed E-state index contributed by atoms with van der Waals surface area (Å²) in [5.74, 6) is 3.60. The number of carbonyl (C=O) groups excluding carboxylic acids is 1. The summed E-state index contributed by atoms with van der Waals surface area (Å²) in [6.45, 7) is 6.04. The molecule has 1 saturated carbocycles. The SMILES string of the molecule is CC(C)Cc1nnc(CC2CCN(C(=O)CCC3CCCC3)C2)o1. The minimum absolute atomic E-state index is 0.343. The van der Waals surface area contributed by atoms with Crippen LogP contribution in [0.3, 0.4) is 0 Å². The van der Waals surface area contributed by atoms with E-state index in [1.54, 1.807) is 0 Å². The van der Waals surface area contributed by atoms with E-state index in [9.17, 15) is 4.79 Å². The molecular weight excluding hydrogens is 302 g/mol. The molecule has 0 aromatic carbocycles. The van der Waals surface area contributed by atoms with Gasteiger partial charge in [0, 0.05) is 32.4 Å². The van der Waals surface area contributed by atoms with Gasteiger partial charge in [0.2, 0.25) is 17.7 Å². The van der Waals surface area contributed by atoms with Crippen LogP contribution in [0.25, 0.3) is 0 Å². The Labute approximate surface area is 145 Å². The first kappa shape index (κ1) is 17.4. The highest BCUT2D eigenvalue weighted by molar-refractivity contribution is 5.76. The maximum atomic E-state index is 12.4. The number of amides is 1. The number of likely N-dealkylation sites (tertiary alicyclic amines) is 1. The summed E-state index contributed by atoms with van der Waals surface area (Å²) in [5, 5.41) is 8.30. The third kappa shape index (κ3) is 4.81. The molecule has 1 saturated heterocycles. The lowest BCUT2D eigenvalue weighted by molar-refractivity contribution is -0.130. The van der Waals surface area contributed by atoms with Crippen molar-refractivity contribution >= 4 is 5.91 Å². The van der Waals surface area contributed by atoms with Crippen molar-refractivity contribution in [1.82, 2.24) is 15.1 Å². The monoisotopic (exact) mass is 333 g/mol. The molecule has 1 aromatic heterocycles. The van der Waals surface area contributed by atoms with E-state index in [4.69, 9.17) is 4.42 Å². The van der Waals surface area contributed by atoms with Gasteiger partial charge < -0.3 is 9.32 Å². The normalized spacial score (nSPS) is 22.0. The topological polar surface area (TPSA) is 59.2 Å². The minimum atomic E-state index is 0.343. The molecule has 1 atom stereocenters. The van der Waals surface area contributed by atoms with Crippen molar-refractivity contribution in [3.63, 3.8) is 0 Å². The molecule has 1 aliphatic heterocycles. The van der Waals surface area contributed by atoms with E-state index < -0.39 is 0 Å². The van der Waals surface area contributed by atoms with Crippen LogP contribution < -0.4 is 0 Å². The molecule has 5 nitrogen and oxygen atoms in total. The maximum absolute atomic E-state index is 12.4. The molecule has 5 heteroatoms. The largest absolute Gasteiger partial charge is 0.425 e. The first-order valence-electron chi connectivity index (χ1n) is 9.69. The molecule has 0 N–H and O–H groups in total. The Morgan fingerprint density at radius 1 is 1.17 bits per heavy atom. The van der Waals surface area contributed by atoms with Crippen LogP contribution in [0.1, 0.15) is 70.6 Å². The molecule has 24 heavy (non-hydrogen) atoms. The van der Waals surface area contributed by atoms with Gasteiger partial charge in [-0.1, -0.05) is 39.5 Å². The Morgan fingerprint density at radius 2 is 1.92 bits per heavy atom. The van der Waals surface area contributed by atoms with Crippen LogP contribution in [0.5, 0.6) is 0 Å². The highest BCUT2D eigenvalue weighted by Gasteiger charge is 2.28. The summed E-state index contributed by atoms with van der Waals surface area (Å²) in [7, 11) is 0. The summed E-state index contributed by atoms with van der Waals surface area (Å²) in [5.41, 5.74) is 0. The molecule has 3 rings (SSSR count). The predicted molar refractivity (Wildman–Crippen MR) is 92.4 cm³/mol. The number of hydrogen-bond donors (Lipinski definition) is 0. The Kier molecular flexibility index (Phi) is 5.90. The molecule has 1 amide bonds. The second kappa shape index (κ2) is 8.13. The third-order valence-electron chi connectivity index (χ3n) is 5.43. The zero-order valence-corrected chi connectivity index (χ0v) is 15.2. The zero-order chi connectivity index (χ0) is 16.9. The van der Waals surface area contributed by atoms with E-state index in [2.05, 4.69) is 24.0 Å². The van der Waals surface area contributed by atoms with E-state index in [1.807, 2.05) is 4.90 Å². The molecular formula is C19H31N3O2. The fourth-order valence-corrected chi connectivity index (χ4v) is 4.06. The number of nitrogens with zero attached hydrogens (tertiary/aromatic N) is 3. The smallest absolute Gasteiger partial charge is 0.222 e. The van der Waals surface area contributed by atoms with Gasteiger partial charge in [0.25, 0.3) is 0 Å². The van der Waals surface area contributed by atoms with Crippen molar-refractivity contribution in [2.45, 2.75) is 71.6 Å². The van der Waals surface area contributed by atoms with Crippen LogP contribution in [0.4, 0.5) is 0 Å². The number of aromatic nitrogens is 2. The second-order valence-corrected chi connectivity index (χ2v) is 8.08. The summed E-state index contributed by atoms with van der Waals surface area (Å²) in [4.78, 5) is 14.4. The predicted octanol–water partition coefficient (Wildman–Crippen LogP) is 3.63. The molecule has 2 aliphatic rings. The standard InChI is InChI=1S/C19H31N3O2/c1-14(2)11-17-20-21-18(24-17)12-16-9-10-22(13-16)19(23)8-7-15-5-3-4-6-15/h14-16H,3-13H2,1-2H3. The van der Waals surface area contributed by atoms with E-state index in [-0.39, 0.29) is 0 Å². The highest BCUT2D eigenvalue weighted by atomic mass is 16.4. The van der Waals surface area contributed by atoms with Gasteiger partial charge in [-0.25, -0.2) is 0 Å². The van der Waals surface area contributed by atoms with Crippen LogP contribution in [-0.2, 0) is 17.6 Å². The summed E-state index contributed by atoms with van der Waals surface area (Å²) >= 11 is 0. The lowest BCUT2D eigenvalue weighted by Gasteiger charge is -2.17. The maximum Gasteiger partial charge on any atom is 0.222 e. The molecule has 0 spiro atoms. The van der Waals surface area contributed by atoms with Crippen LogP contribution in [0.15, 0.2) is 4.42 Å². The zero-order valence-electron chi connectivity index (χ0n) is 15.2. The molecule has 0 bridgehead atoms. The van der Waals surface area contributed by atoms with E-state index in [1.165, 1.54) is 25.7 Å². The van der Waals surface area contributed by atoms with Crippen LogP contribution in [0, 0.1) is 17.8 Å². The van der Waals surface area contributed by atoms with Crippen molar-refractivity contribution in [2.24, 2.45) is 17.8 Å². The molecule has 2 heterocycles. The first-order valence-corrected chi connectivity index (χ1v) is 9.69. The van der Waals surface area contributed by atoms with Gasteiger partial charge in [0.05, 0.1) is 0 Å². The van der Waals surface area contributed by atoms with Crippen LogP contribution in [0.2, 0.25) is 0 Å². The second-order valence-electron chi connectivity index (χ2n) is 8.08. The number of carbonyl (C=O) groups is 1. The van der Waals surface area contributed by atoms with Gasteiger partial charge in [-0.15, -0.1) is 10.2 Å². The fourth-order valence-electron chi connectivity index (χ4n) is 4.06. The van der Waals surface area contributed by atoms with Crippen LogP contribution >= 0.6 is 0 Å².